The fourth-order valence-corrected chi connectivity index (χ4v) is 0.934. The highest BCUT2D eigenvalue weighted by Gasteiger charge is 2.22. The van der Waals surface area contributed by atoms with Crippen molar-refractivity contribution < 1.29 is 9.59 Å². The van der Waals surface area contributed by atoms with Crippen LogP contribution in [-0.2, 0) is 4.79 Å². The third kappa shape index (κ3) is 2.08. The lowest BCUT2D eigenvalue weighted by Crippen LogP contribution is -2.45. The number of hydrogen-bond donors (Lipinski definition) is 4. The molecule has 1 saturated heterocycles. The molecule has 0 saturated carbocycles. The van der Waals surface area contributed by atoms with Crippen LogP contribution in [0.15, 0.2) is 0 Å². The molecule has 0 bridgehead atoms. The van der Waals surface area contributed by atoms with Gasteiger partial charge in [0.15, 0.2) is 0 Å². The van der Waals surface area contributed by atoms with Crippen LogP contribution in [0.25, 0.3) is 0 Å². The first-order valence-corrected chi connectivity index (χ1v) is 3.26. The van der Waals surface area contributed by atoms with Gasteiger partial charge in [0.05, 0.1) is 6.04 Å². The zero-order valence-electron chi connectivity index (χ0n) is 5.89. The van der Waals surface area contributed by atoms with E-state index in [0.29, 0.717) is 13.0 Å². The van der Waals surface area contributed by atoms with Gasteiger partial charge in [-0.1, -0.05) is 0 Å². The Kier molecular flexibility index (Phi) is 2.27. The summed E-state index contributed by atoms with van der Waals surface area (Å²) in [6, 6.07) is -0.599. The van der Waals surface area contributed by atoms with Crippen molar-refractivity contribution in [3.63, 3.8) is 0 Å². The van der Waals surface area contributed by atoms with Crippen LogP contribution < -0.4 is 21.9 Å². The van der Waals surface area contributed by atoms with Crippen molar-refractivity contribution in [2.24, 2.45) is 5.84 Å². The predicted octanol–water partition coefficient (Wildman–Crippen LogP) is -1.95. The Balaban J connectivity index is 2.28. The van der Waals surface area contributed by atoms with Gasteiger partial charge in [0.1, 0.15) is 0 Å². The first-order valence-electron chi connectivity index (χ1n) is 3.26. The predicted molar refractivity (Wildman–Crippen MR) is 37.3 cm³/mol. The summed E-state index contributed by atoms with van der Waals surface area (Å²) >= 11 is 0. The van der Waals surface area contributed by atoms with Crippen molar-refractivity contribution in [2.45, 2.75) is 12.5 Å². The van der Waals surface area contributed by atoms with Crippen LogP contribution in [-0.4, -0.2) is 24.5 Å². The van der Waals surface area contributed by atoms with E-state index in [9.17, 15) is 9.59 Å². The molecule has 1 unspecified atom stereocenters. The second kappa shape index (κ2) is 3.20. The average Bonchev–Trinajstić information content (AvgIpc) is 2.35. The highest BCUT2D eigenvalue weighted by Crippen LogP contribution is 1.97. The lowest BCUT2D eigenvalue weighted by Gasteiger charge is -2.08. The Morgan fingerprint density at radius 3 is 2.91 bits per heavy atom. The Morgan fingerprint density at radius 2 is 2.45 bits per heavy atom. The number of hydrazine groups is 1. The minimum atomic E-state index is -0.466. The molecular weight excluding hydrogens is 148 g/mol. The maximum Gasteiger partial charge on any atom is 0.329 e. The molecule has 3 amide bonds. The maximum absolute atomic E-state index is 10.6. The van der Waals surface area contributed by atoms with Crippen LogP contribution in [0.4, 0.5) is 4.79 Å². The van der Waals surface area contributed by atoms with Gasteiger partial charge in [0.25, 0.3) is 0 Å². The van der Waals surface area contributed by atoms with Gasteiger partial charge in [0, 0.05) is 13.0 Å². The molecule has 0 radical (unpaired) electrons. The van der Waals surface area contributed by atoms with Crippen LogP contribution in [0.5, 0.6) is 0 Å². The van der Waals surface area contributed by atoms with E-state index in [1.807, 2.05) is 5.43 Å². The van der Waals surface area contributed by atoms with Crippen LogP contribution >= 0.6 is 0 Å². The summed E-state index contributed by atoms with van der Waals surface area (Å²) in [5, 5.41) is 5.08. The normalized spacial score (nSPS) is 22.6. The maximum atomic E-state index is 10.6. The molecule has 6 heteroatoms. The molecule has 0 spiro atoms. The van der Waals surface area contributed by atoms with Gasteiger partial charge in [-0.2, -0.15) is 0 Å². The summed E-state index contributed by atoms with van der Waals surface area (Å²) < 4.78 is 0. The largest absolute Gasteiger partial charge is 0.354 e. The Hall–Kier alpha value is -1.30. The highest BCUT2D eigenvalue weighted by atomic mass is 16.2. The third-order valence-corrected chi connectivity index (χ3v) is 1.44. The molecule has 1 heterocycles. The van der Waals surface area contributed by atoms with Crippen LogP contribution in [0, 0.1) is 0 Å². The monoisotopic (exact) mass is 158 g/mol. The SMILES string of the molecule is NNC(=O)NC1CNC(=O)C1. The van der Waals surface area contributed by atoms with Gasteiger partial charge in [-0.05, 0) is 0 Å². The third-order valence-electron chi connectivity index (χ3n) is 1.44. The smallest absolute Gasteiger partial charge is 0.329 e. The molecule has 0 aliphatic carbocycles. The second-order valence-electron chi connectivity index (χ2n) is 2.32. The molecule has 1 rings (SSSR count). The molecular formula is C5H10N4O2. The Labute approximate surface area is 63.5 Å². The number of hydrogen-bond acceptors (Lipinski definition) is 3. The molecule has 0 aromatic rings. The fourth-order valence-electron chi connectivity index (χ4n) is 0.934. The van der Waals surface area contributed by atoms with Gasteiger partial charge in [-0.3, -0.25) is 10.2 Å². The number of carbonyl (C=O) groups is 2. The lowest BCUT2D eigenvalue weighted by atomic mass is 10.3. The summed E-state index contributed by atoms with van der Waals surface area (Å²) in [7, 11) is 0. The average molecular weight is 158 g/mol. The number of carbonyl (C=O) groups excluding carboxylic acids is 2. The van der Waals surface area contributed by atoms with Gasteiger partial charge in [-0.25, -0.2) is 10.6 Å². The Morgan fingerprint density at radius 1 is 1.73 bits per heavy atom. The quantitative estimate of drug-likeness (QED) is 0.203. The Bertz CT molecular complexity index is 181. The molecule has 62 valence electrons. The van der Waals surface area contributed by atoms with E-state index in [1.54, 1.807) is 0 Å². The van der Waals surface area contributed by atoms with E-state index in [0.717, 1.165) is 0 Å². The standard InChI is InChI=1S/C5H10N4O2/c6-9-5(11)8-3-1-4(10)7-2-3/h3H,1-2,6H2,(H,7,10)(H2,8,9,11). The van der Waals surface area contributed by atoms with E-state index < -0.39 is 6.03 Å². The first-order chi connectivity index (χ1) is 5.22. The van der Waals surface area contributed by atoms with Crippen molar-refractivity contribution in [1.29, 1.82) is 0 Å². The summed E-state index contributed by atoms with van der Waals surface area (Å²) in [6.45, 7) is 0.478. The topological polar surface area (TPSA) is 96.2 Å². The van der Waals surface area contributed by atoms with E-state index in [2.05, 4.69) is 10.6 Å². The molecule has 5 N–H and O–H groups in total. The van der Waals surface area contributed by atoms with E-state index >= 15 is 0 Å². The molecule has 0 aromatic carbocycles. The number of rotatable bonds is 1. The van der Waals surface area contributed by atoms with Gasteiger partial charge in [-0.15, -0.1) is 0 Å². The molecule has 1 aliphatic rings. The first kappa shape index (κ1) is 7.80. The van der Waals surface area contributed by atoms with Crippen LogP contribution in [0.2, 0.25) is 0 Å². The second-order valence-corrected chi connectivity index (χ2v) is 2.32. The van der Waals surface area contributed by atoms with Crippen LogP contribution in [0.1, 0.15) is 6.42 Å². The summed E-state index contributed by atoms with van der Waals surface area (Å²) in [6.07, 6.45) is 0.327. The number of urea groups is 1. The van der Waals surface area contributed by atoms with Gasteiger partial charge >= 0.3 is 6.03 Å². The molecule has 0 aromatic heterocycles. The van der Waals surface area contributed by atoms with Crippen LogP contribution in [0.3, 0.4) is 0 Å². The van der Waals surface area contributed by atoms with Crippen molar-refractivity contribution in [2.75, 3.05) is 6.54 Å². The number of amides is 3. The van der Waals surface area contributed by atoms with E-state index in [1.165, 1.54) is 0 Å². The summed E-state index contributed by atoms with van der Waals surface area (Å²) in [5.41, 5.74) is 1.92. The molecule has 1 aliphatic heterocycles. The molecule has 1 atom stereocenters. The molecule has 11 heavy (non-hydrogen) atoms. The van der Waals surface area contributed by atoms with Crippen molar-refractivity contribution in [3.05, 3.63) is 0 Å². The number of nitrogens with two attached hydrogens (primary N) is 1. The van der Waals surface area contributed by atoms with Crippen molar-refractivity contribution in [1.82, 2.24) is 16.1 Å². The van der Waals surface area contributed by atoms with Crippen molar-refractivity contribution >= 4 is 11.9 Å². The zero-order chi connectivity index (χ0) is 8.27. The summed E-state index contributed by atoms with van der Waals surface area (Å²) in [5.74, 6) is 4.77. The lowest BCUT2D eigenvalue weighted by molar-refractivity contribution is -0.119. The highest BCUT2D eigenvalue weighted by molar-refractivity contribution is 5.81. The molecule has 1 fully saturated rings. The zero-order valence-corrected chi connectivity index (χ0v) is 5.89. The number of nitrogens with one attached hydrogen (secondary N) is 3. The fraction of sp³-hybridized carbons (Fsp3) is 0.600. The minimum absolute atomic E-state index is 0.0488. The van der Waals surface area contributed by atoms with Gasteiger partial charge in [0.2, 0.25) is 5.91 Å². The molecule has 6 nitrogen and oxygen atoms in total. The van der Waals surface area contributed by atoms with Gasteiger partial charge < -0.3 is 10.6 Å². The minimum Gasteiger partial charge on any atom is -0.354 e. The van der Waals surface area contributed by atoms with Crippen molar-refractivity contribution in [3.8, 4) is 0 Å². The summed E-state index contributed by atoms with van der Waals surface area (Å²) in [4.78, 5) is 21.2. The van der Waals surface area contributed by atoms with E-state index in [4.69, 9.17) is 5.84 Å². The van der Waals surface area contributed by atoms with E-state index in [-0.39, 0.29) is 11.9 Å².